The summed E-state index contributed by atoms with van der Waals surface area (Å²) in [6.45, 7) is 4.60. The van der Waals surface area contributed by atoms with Crippen LogP contribution in [0.5, 0.6) is 5.75 Å². The van der Waals surface area contributed by atoms with E-state index < -0.39 is 0 Å². The predicted octanol–water partition coefficient (Wildman–Crippen LogP) is 1.90. The molecule has 1 heterocycles. The van der Waals surface area contributed by atoms with Crippen LogP contribution in [0.1, 0.15) is 19.3 Å². The first-order valence-electron chi connectivity index (χ1n) is 6.06. The molecule has 0 amide bonds. The van der Waals surface area contributed by atoms with Crippen molar-refractivity contribution in [2.75, 3.05) is 26.2 Å². The summed E-state index contributed by atoms with van der Waals surface area (Å²) in [5.74, 6) is 0.964. The van der Waals surface area contributed by atoms with Crippen molar-refractivity contribution in [1.29, 1.82) is 0 Å². The molecule has 16 heavy (non-hydrogen) atoms. The number of ether oxygens (including phenoxy) is 1. The monoisotopic (exact) mass is 284 g/mol. The van der Waals surface area contributed by atoms with Gasteiger partial charge in [0.1, 0.15) is 18.9 Å². The Morgan fingerprint density at radius 1 is 1.19 bits per heavy atom. The summed E-state index contributed by atoms with van der Waals surface area (Å²) < 4.78 is 6.82. The van der Waals surface area contributed by atoms with Gasteiger partial charge in [-0.05, 0) is 37.5 Å². The van der Waals surface area contributed by atoms with Crippen molar-refractivity contribution >= 4 is 15.9 Å². The molecule has 0 spiro atoms. The number of hydrogen-bond donors (Lipinski definition) is 1. The minimum absolute atomic E-state index is 0.825. The van der Waals surface area contributed by atoms with Crippen LogP contribution in [0.15, 0.2) is 28.7 Å². The van der Waals surface area contributed by atoms with Gasteiger partial charge in [-0.3, -0.25) is 0 Å². The Morgan fingerprint density at radius 3 is 2.75 bits per heavy atom. The maximum Gasteiger partial charge on any atom is 0.137 e. The molecule has 0 radical (unpaired) electrons. The van der Waals surface area contributed by atoms with Gasteiger partial charge in [0.15, 0.2) is 0 Å². The molecule has 1 aromatic rings. The highest BCUT2D eigenvalue weighted by Crippen LogP contribution is 2.17. The number of rotatable bonds is 4. The van der Waals surface area contributed by atoms with E-state index in [1.54, 1.807) is 4.90 Å². The van der Waals surface area contributed by atoms with E-state index in [0.717, 1.165) is 23.4 Å². The molecule has 0 aromatic heterocycles. The normalized spacial score (nSPS) is 17.3. The van der Waals surface area contributed by atoms with Gasteiger partial charge in [-0.15, -0.1) is 0 Å². The molecule has 0 atom stereocenters. The van der Waals surface area contributed by atoms with Crippen molar-refractivity contribution < 1.29 is 9.64 Å². The Morgan fingerprint density at radius 2 is 2.00 bits per heavy atom. The zero-order chi connectivity index (χ0) is 11.2. The van der Waals surface area contributed by atoms with E-state index in [4.69, 9.17) is 4.74 Å². The highest BCUT2D eigenvalue weighted by molar-refractivity contribution is 9.10. The molecule has 0 aliphatic carbocycles. The topological polar surface area (TPSA) is 13.7 Å². The summed E-state index contributed by atoms with van der Waals surface area (Å²) in [4.78, 5) is 1.70. The quantitative estimate of drug-likeness (QED) is 0.892. The smallest absolute Gasteiger partial charge is 0.137 e. The fourth-order valence-corrected chi connectivity index (χ4v) is 2.55. The largest absolute Gasteiger partial charge is 0.488 e. The molecule has 1 aliphatic rings. The predicted molar refractivity (Wildman–Crippen MR) is 69.1 cm³/mol. The molecule has 2 rings (SSSR count). The minimum atomic E-state index is 0.825. The van der Waals surface area contributed by atoms with Gasteiger partial charge in [0.25, 0.3) is 0 Å². The van der Waals surface area contributed by atoms with Gasteiger partial charge in [-0.1, -0.05) is 22.0 Å². The number of piperidine rings is 1. The van der Waals surface area contributed by atoms with Crippen molar-refractivity contribution in [2.24, 2.45) is 0 Å². The molecule has 0 saturated carbocycles. The first-order valence-corrected chi connectivity index (χ1v) is 6.86. The van der Waals surface area contributed by atoms with Crippen LogP contribution in [0, 0.1) is 0 Å². The summed E-state index contributed by atoms with van der Waals surface area (Å²) in [5.41, 5.74) is 0. The number of benzene rings is 1. The lowest BCUT2D eigenvalue weighted by Gasteiger charge is -2.23. The average Bonchev–Trinajstić information content (AvgIpc) is 2.30. The van der Waals surface area contributed by atoms with Gasteiger partial charge < -0.3 is 9.64 Å². The molecule has 2 nitrogen and oxygen atoms in total. The lowest BCUT2D eigenvalue weighted by molar-refractivity contribution is -0.904. The second kappa shape index (κ2) is 6.26. The molecule has 1 aromatic carbocycles. The lowest BCUT2D eigenvalue weighted by atomic mass is 10.1. The van der Waals surface area contributed by atoms with Gasteiger partial charge in [0.2, 0.25) is 0 Å². The van der Waals surface area contributed by atoms with Crippen LogP contribution in [0.3, 0.4) is 0 Å². The summed E-state index contributed by atoms with van der Waals surface area (Å²) in [5, 5.41) is 0. The molecule has 1 saturated heterocycles. The van der Waals surface area contributed by atoms with Crippen molar-refractivity contribution in [3.8, 4) is 5.75 Å². The first-order chi connectivity index (χ1) is 7.84. The first kappa shape index (κ1) is 11.9. The molecule has 88 valence electrons. The SMILES string of the molecule is Brc1cccc(OCC[NH+]2CCCCC2)c1. The number of nitrogens with one attached hydrogen (secondary N) is 1. The van der Waals surface area contributed by atoms with Crippen LogP contribution in [0.25, 0.3) is 0 Å². The van der Waals surface area contributed by atoms with Crippen LogP contribution >= 0.6 is 15.9 Å². The van der Waals surface area contributed by atoms with Gasteiger partial charge >= 0.3 is 0 Å². The number of likely N-dealkylation sites (tertiary alicyclic amines) is 1. The summed E-state index contributed by atoms with van der Waals surface area (Å²) in [6, 6.07) is 8.05. The average molecular weight is 285 g/mol. The van der Waals surface area contributed by atoms with Crippen molar-refractivity contribution in [2.45, 2.75) is 19.3 Å². The zero-order valence-electron chi connectivity index (χ0n) is 9.55. The Kier molecular flexibility index (Phi) is 4.67. The highest BCUT2D eigenvalue weighted by Gasteiger charge is 2.12. The standard InChI is InChI=1S/C13H18BrNO/c14-12-5-4-6-13(11-12)16-10-9-15-7-2-1-3-8-15/h4-6,11H,1-3,7-10H2/p+1. The number of quaternary nitrogens is 1. The van der Waals surface area contributed by atoms with Crippen LogP contribution in [0.2, 0.25) is 0 Å². The highest BCUT2D eigenvalue weighted by atomic mass is 79.9. The fourth-order valence-electron chi connectivity index (χ4n) is 2.17. The molecule has 1 aliphatic heterocycles. The second-order valence-electron chi connectivity index (χ2n) is 4.37. The summed E-state index contributed by atoms with van der Waals surface area (Å²) in [7, 11) is 0. The zero-order valence-corrected chi connectivity index (χ0v) is 11.1. The molecule has 1 fully saturated rings. The summed E-state index contributed by atoms with van der Waals surface area (Å²) >= 11 is 3.45. The Balaban J connectivity index is 1.71. The summed E-state index contributed by atoms with van der Waals surface area (Å²) in [6.07, 6.45) is 4.18. The van der Waals surface area contributed by atoms with Crippen molar-refractivity contribution in [3.05, 3.63) is 28.7 Å². The van der Waals surface area contributed by atoms with Crippen molar-refractivity contribution in [3.63, 3.8) is 0 Å². The van der Waals surface area contributed by atoms with Gasteiger partial charge in [0, 0.05) is 4.47 Å². The van der Waals surface area contributed by atoms with E-state index in [9.17, 15) is 0 Å². The fraction of sp³-hybridized carbons (Fsp3) is 0.538. The van der Waals surface area contributed by atoms with Gasteiger partial charge in [-0.2, -0.15) is 0 Å². The van der Waals surface area contributed by atoms with Crippen LogP contribution in [-0.4, -0.2) is 26.2 Å². The Hall–Kier alpha value is -0.540. The molecule has 1 N–H and O–H groups in total. The van der Waals surface area contributed by atoms with E-state index in [2.05, 4.69) is 15.9 Å². The second-order valence-corrected chi connectivity index (χ2v) is 5.28. The van der Waals surface area contributed by atoms with Crippen LogP contribution < -0.4 is 9.64 Å². The minimum Gasteiger partial charge on any atom is -0.488 e. The van der Waals surface area contributed by atoms with E-state index in [1.165, 1.54) is 32.4 Å². The maximum atomic E-state index is 5.74. The molecule has 0 bridgehead atoms. The van der Waals surface area contributed by atoms with Crippen LogP contribution in [0.4, 0.5) is 0 Å². The van der Waals surface area contributed by atoms with Gasteiger partial charge in [-0.25, -0.2) is 0 Å². The third-order valence-electron chi connectivity index (χ3n) is 3.08. The molecular formula is C13H19BrNO+. The number of hydrogen-bond acceptors (Lipinski definition) is 1. The van der Waals surface area contributed by atoms with Crippen LogP contribution in [-0.2, 0) is 0 Å². The molecular weight excluding hydrogens is 266 g/mol. The molecule has 3 heteroatoms. The van der Waals surface area contributed by atoms with E-state index in [0.29, 0.717) is 0 Å². The third-order valence-corrected chi connectivity index (χ3v) is 3.57. The Bertz CT molecular complexity index is 323. The number of halogens is 1. The maximum absolute atomic E-state index is 5.74. The lowest BCUT2D eigenvalue weighted by Crippen LogP contribution is -3.13. The van der Waals surface area contributed by atoms with E-state index in [-0.39, 0.29) is 0 Å². The molecule has 0 unspecified atom stereocenters. The van der Waals surface area contributed by atoms with E-state index in [1.807, 2.05) is 24.3 Å². The van der Waals surface area contributed by atoms with E-state index >= 15 is 0 Å². The van der Waals surface area contributed by atoms with Crippen molar-refractivity contribution in [1.82, 2.24) is 0 Å². The van der Waals surface area contributed by atoms with Gasteiger partial charge in [0.05, 0.1) is 13.1 Å². The Labute approximate surface area is 106 Å². The third kappa shape index (κ3) is 3.80.